The second kappa shape index (κ2) is 9.36. The van der Waals surface area contributed by atoms with Gasteiger partial charge in [0.05, 0.1) is 5.56 Å². The molecule has 0 unspecified atom stereocenters. The molecule has 0 saturated heterocycles. The van der Waals surface area contributed by atoms with E-state index in [-0.39, 0.29) is 17.0 Å². The number of carbonyl (C=O) groups excluding carboxylic acids is 1. The van der Waals surface area contributed by atoms with Crippen molar-refractivity contribution in [3.05, 3.63) is 108 Å². The quantitative estimate of drug-likeness (QED) is 0.349. The first-order valence-corrected chi connectivity index (χ1v) is 12.3. The maximum atomic E-state index is 13.4. The molecule has 0 atom stereocenters. The molecule has 2 aliphatic carbocycles. The summed E-state index contributed by atoms with van der Waals surface area (Å²) in [5.41, 5.74) is 6.26. The highest BCUT2D eigenvalue weighted by atomic mass is 35.5. The molecule has 8 heteroatoms. The number of aromatic carboxylic acids is 1. The summed E-state index contributed by atoms with van der Waals surface area (Å²) in [5.74, 6) is -1.52. The van der Waals surface area contributed by atoms with Crippen LogP contribution >= 0.6 is 46.4 Å². The first-order valence-electron chi connectivity index (χ1n) is 10.8. The molecule has 0 aliphatic heterocycles. The first kappa shape index (κ1) is 24.0. The average Bonchev–Trinajstić information content (AvgIpc) is 3.16. The maximum Gasteiger partial charge on any atom is 0.336 e. The van der Waals surface area contributed by atoms with Crippen LogP contribution in [-0.2, 0) is 6.42 Å². The van der Waals surface area contributed by atoms with Gasteiger partial charge < -0.3 is 10.4 Å². The van der Waals surface area contributed by atoms with Gasteiger partial charge in [-0.05, 0) is 89.6 Å². The van der Waals surface area contributed by atoms with E-state index < -0.39 is 5.97 Å². The zero-order valence-corrected chi connectivity index (χ0v) is 21.1. The van der Waals surface area contributed by atoms with E-state index in [1.54, 1.807) is 30.3 Å². The second-order valence-electron chi connectivity index (χ2n) is 8.41. The summed E-state index contributed by atoms with van der Waals surface area (Å²) in [5, 5.41) is 14.6. The molecule has 2 N–H and O–H groups in total. The van der Waals surface area contributed by atoms with Gasteiger partial charge in [-0.2, -0.15) is 0 Å². The predicted octanol–water partition coefficient (Wildman–Crippen LogP) is 8.08. The zero-order valence-electron chi connectivity index (χ0n) is 18.1. The van der Waals surface area contributed by atoms with E-state index in [2.05, 4.69) is 5.32 Å². The minimum Gasteiger partial charge on any atom is -0.478 e. The Morgan fingerprint density at radius 2 is 1.46 bits per heavy atom. The molecule has 176 valence electrons. The predicted molar refractivity (Wildman–Crippen MR) is 141 cm³/mol. The van der Waals surface area contributed by atoms with Gasteiger partial charge in [0.15, 0.2) is 0 Å². The lowest BCUT2D eigenvalue weighted by Crippen LogP contribution is -2.24. The van der Waals surface area contributed by atoms with Crippen molar-refractivity contribution < 1.29 is 14.7 Å². The molecule has 0 saturated carbocycles. The number of benzene rings is 3. The third-order valence-corrected chi connectivity index (χ3v) is 7.19. The van der Waals surface area contributed by atoms with Crippen molar-refractivity contribution in [1.82, 2.24) is 5.32 Å². The van der Waals surface area contributed by atoms with Crippen molar-refractivity contribution in [1.29, 1.82) is 0 Å². The zero-order chi connectivity index (χ0) is 24.9. The lowest BCUT2D eigenvalue weighted by Gasteiger charge is -2.19. The fourth-order valence-electron chi connectivity index (χ4n) is 4.72. The van der Waals surface area contributed by atoms with Crippen LogP contribution in [-0.4, -0.2) is 17.0 Å². The molecule has 2 aliphatic rings. The largest absolute Gasteiger partial charge is 0.478 e. The minimum absolute atomic E-state index is 0.000175. The first-order chi connectivity index (χ1) is 16.7. The van der Waals surface area contributed by atoms with E-state index in [1.165, 1.54) is 17.7 Å². The summed E-state index contributed by atoms with van der Waals surface area (Å²) in [6.45, 7) is 0. The van der Waals surface area contributed by atoms with Gasteiger partial charge >= 0.3 is 5.97 Å². The lowest BCUT2D eigenvalue weighted by molar-refractivity contribution is 0.0697. The van der Waals surface area contributed by atoms with Gasteiger partial charge in [0.2, 0.25) is 0 Å². The third kappa shape index (κ3) is 4.60. The standard InChI is InChI=1S/C27H17Cl4NO3/c28-15-1-4-20(21-5-2-16(29)11-23(21)27(34)35)22(10-15)26(33)32-18-3-6-19-13(9-18)7-14-8-17(30)12-24(31)25(14)19/h1-2,4-5,8-12H,3,6-7H2,(H,32,33)(H,34,35). The Morgan fingerprint density at radius 3 is 2.14 bits per heavy atom. The number of nitrogens with one attached hydrogen (secondary N) is 1. The molecular weight excluding hydrogens is 528 g/mol. The summed E-state index contributed by atoms with van der Waals surface area (Å²) < 4.78 is 0. The Balaban J connectivity index is 1.48. The molecule has 3 aromatic carbocycles. The van der Waals surface area contributed by atoms with Gasteiger partial charge in [-0.15, -0.1) is 0 Å². The molecular formula is C27H17Cl4NO3. The molecule has 4 nitrogen and oxygen atoms in total. The Labute approximate surface area is 221 Å². The number of fused-ring (bicyclic) bond motifs is 2. The fourth-order valence-corrected chi connectivity index (χ4v) is 5.72. The molecule has 0 bridgehead atoms. The van der Waals surface area contributed by atoms with E-state index in [0.717, 1.165) is 28.8 Å². The van der Waals surface area contributed by atoms with E-state index in [9.17, 15) is 14.7 Å². The van der Waals surface area contributed by atoms with E-state index >= 15 is 0 Å². The van der Waals surface area contributed by atoms with Crippen LogP contribution in [0.2, 0.25) is 20.1 Å². The molecule has 0 spiro atoms. The van der Waals surface area contributed by atoms with Crippen LogP contribution < -0.4 is 5.32 Å². The highest BCUT2D eigenvalue weighted by Crippen LogP contribution is 2.44. The van der Waals surface area contributed by atoms with Crippen LogP contribution in [0.4, 0.5) is 0 Å². The molecule has 0 heterocycles. The van der Waals surface area contributed by atoms with Crippen molar-refractivity contribution in [2.75, 3.05) is 0 Å². The number of carbonyl (C=O) groups is 2. The summed E-state index contributed by atoms with van der Waals surface area (Å²) in [7, 11) is 0. The Bertz CT molecular complexity index is 1490. The average molecular weight is 545 g/mol. The van der Waals surface area contributed by atoms with Crippen molar-refractivity contribution in [2.24, 2.45) is 0 Å². The SMILES string of the molecule is O=C(O)c1cc(Cl)ccc1-c1ccc(Cl)cc1C(=O)NC1=CC2=C(CC1)c1c(Cl)cc(Cl)cc1C2. The summed E-state index contributed by atoms with van der Waals surface area (Å²) >= 11 is 24.9. The van der Waals surface area contributed by atoms with Crippen LogP contribution in [0.5, 0.6) is 0 Å². The summed E-state index contributed by atoms with van der Waals surface area (Å²) in [6.07, 6.45) is 4.04. The lowest BCUT2D eigenvalue weighted by atomic mass is 9.93. The van der Waals surface area contributed by atoms with E-state index in [1.807, 2.05) is 12.1 Å². The smallest absolute Gasteiger partial charge is 0.336 e. The molecule has 35 heavy (non-hydrogen) atoms. The van der Waals surface area contributed by atoms with Crippen molar-refractivity contribution in [2.45, 2.75) is 19.3 Å². The van der Waals surface area contributed by atoms with Gasteiger partial charge in [-0.3, -0.25) is 4.79 Å². The number of carboxylic acids is 1. The van der Waals surface area contributed by atoms with Gasteiger partial charge in [-0.1, -0.05) is 58.5 Å². The van der Waals surface area contributed by atoms with Crippen LogP contribution in [0.1, 0.15) is 44.7 Å². The van der Waals surface area contributed by atoms with Crippen molar-refractivity contribution in [3.8, 4) is 11.1 Å². The number of rotatable bonds is 4. The van der Waals surface area contributed by atoms with Crippen molar-refractivity contribution in [3.63, 3.8) is 0 Å². The summed E-state index contributed by atoms with van der Waals surface area (Å²) in [4.78, 5) is 25.2. The van der Waals surface area contributed by atoms with Crippen LogP contribution in [0.25, 0.3) is 16.7 Å². The molecule has 3 aromatic rings. The highest BCUT2D eigenvalue weighted by molar-refractivity contribution is 6.36. The van der Waals surface area contributed by atoms with Crippen LogP contribution in [0.15, 0.2) is 65.9 Å². The highest BCUT2D eigenvalue weighted by Gasteiger charge is 2.27. The Kier molecular flexibility index (Phi) is 6.41. The number of hydrogen-bond acceptors (Lipinski definition) is 2. The molecule has 1 amide bonds. The monoisotopic (exact) mass is 543 g/mol. The van der Waals surface area contributed by atoms with E-state index in [4.69, 9.17) is 46.4 Å². The van der Waals surface area contributed by atoms with Crippen molar-refractivity contribution >= 4 is 63.9 Å². The topological polar surface area (TPSA) is 66.4 Å². The second-order valence-corrected chi connectivity index (χ2v) is 10.1. The van der Waals surface area contributed by atoms with Gasteiger partial charge in [0, 0.05) is 36.9 Å². The number of allylic oxidation sites excluding steroid dienone is 4. The number of halogens is 4. The maximum absolute atomic E-state index is 13.4. The number of amides is 1. The van der Waals surface area contributed by atoms with Gasteiger partial charge in [0.1, 0.15) is 0 Å². The molecule has 0 fully saturated rings. The Hall–Kier alpha value is -2.76. The number of carboxylic acid groups (broad SMARTS) is 1. The molecule has 0 aromatic heterocycles. The molecule has 5 rings (SSSR count). The van der Waals surface area contributed by atoms with E-state index in [0.29, 0.717) is 44.1 Å². The number of hydrogen-bond donors (Lipinski definition) is 2. The van der Waals surface area contributed by atoms with Crippen LogP contribution in [0.3, 0.4) is 0 Å². The third-order valence-electron chi connectivity index (χ3n) is 6.20. The summed E-state index contributed by atoms with van der Waals surface area (Å²) in [6, 6.07) is 13.0. The van der Waals surface area contributed by atoms with Gasteiger partial charge in [0.25, 0.3) is 5.91 Å². The minimum atomic E-state index is -1.14. The molecule has 0 radical (unpaired) electrons. The normalized spacial score (nSPS) is 14.3. The fraction of sp³-hybridized carbons (Fsp3) is 0.111. The van der Waals surface area contributed by atoms with Crippen LogP contribution in [0, 0.1) is 0 Å². The van der Waals surface area contributed by atoms with Gasteiger partial charge in [-0.25, -0.2) is 4.79 Å². The Morgan fingerprint density at radius 1 is 0.800 bits per heavy atom.